The Morgan fingerprint density at radius 3 is 2.43 bits per heavy atom. The van der Waals surface area contributed by atoms with E-state index in [1.807, 2.05) is 54.6 Å². The van der Waals surface area contributed by atoms with Crippen LogP contribution in [0.15, 0.2) is 77.6 Å². The summed E-state index contributed by atoms with van der Waals surface area (Å²) in [6.45, 7) is 3.48. The minimum absolute atomic E-state index is 0.0253. The number of nitrogens with one attached hydrogen (secondary N) is 2. The smallest absolute Gasteiger partial charge is 0.254 e. The van der Waals surface area contributed by atoms with Gasteiger partial charge in [-0.2, -0.15) is 0 Å². The van der Waals surface area contributed by atoms with Gasteiger partial charge in [0.2, 0.25) is 5.91 Å². The molecular formula is C25H23N3O2. The number of carbonyl (C=O) groups is 1. The number of hydrogen-bond acceptors (Lipinski definition) is 3. The summed E-state index contributed by atoms with van der Waals surface area (Å²) in [6.07, 6.45) is -0.0253. The first kappa shape index (κ1) is 19.6. The van der Waals surface area contributed by atoms with Gasteiger partial charge in [0.15, 0.2) is 0 Å². The molecule has 3 aromatic carbocycles. The fourth-order valence-corrected chi connectivity index (χ4v) is 3.82. The Kier molecular flexibility index (Phi) is 5.44. The Balaban J connectivity index is 1.71. The molecule has 0 unspecified atom stereocenters. The summed E-state index contributed by atoms with van der Waals surface area (Å²) in [7, 11) is 0. The summed E-state index contributed by atoms with van der Waals surface area (Å²) in [5.74, 6) is 0.315. The van der Waals surface area contributed by atoms with Crippen molar-refractivity contribution in [3.63, 3.8) is 0 Å². The van der Waals surface area contributed by atoms with Crippen molar-refractivity contribution >= 4 is 16.7 Å². The molecule has 150 valence electrons. The number of nitrogens with zero attached hydrogens (tertiary/aromatic N) is 1. The Labute approximate surface area is 174 Å². The SMILES string of the molecule is Cc1nc(C)c(CC(=O)N[C@@H](c2ccccc2)c2cccc3ccccc23)c(=O)[nH]1. The second-order valence-corrected chi connectivity index (χ2v) is 7.37. The third-order valence-electron chi connectivity index (χ3n) is 5.25. The third-order valence-corrected chi connectivity index (χ3v) is 5.25. The van der Waals surface area contributed by atoms with Gasteiger partial charge in [-0.3, -0.25) is 9.59 Å². The number of benzene rings is 3. The van der Waals surface area contributed by atoms with E-state index < -0.39 is 0 Å². The fourth-order valence-electron chi connectivity index (χ4n) is 3.82. The lowest BCUT2D eigenvalue weighted by Gasteiger charge is -2.22. The Hall–Kier alpha value is -3.73. The standard InChI is InChI=1S/C25H23N3O2/c1-16-22(25(30)27-17(2)26-16)15-23(29)28-24(19-10-4-3-5-11-19)21-14-8-12-18-9-6-7-13-20(18)21/h3-14,24H,15H2,1-2H3,(H,28,29)(H,26,27,30)/t24-/m0/s1. The van der Waals surface area contributed by atoms with Crippen molar-refractivity contribution < 1.29 is 4.79 Å². The lowest BCUT2D eigenvalue weighted by atomic mass is 9.93. The van der Waals surface area contributed by atoms with Crippen molar-refractivity contribution in [2.24, 2.45) is 0 Å². The molecular weight excluding hydrogens is 374 g/mol. The Bertz CT molecular complexity index is 1260. The monoisotopic (exact) mass is 397 g/mol. The maximum absolute atomic E-state index is 13.0. The molecule has 30 heavy (non-hydrogen) atoms. The van der Waals surface area contributed by atoms with Gasteiger partial charge in [-0.05, 0) is 35.7 Å². The number of fused-ring (bicyclic) bond motifs is 1. The van der Waals surface area contributed by atoms with E-state index in [-0.39, 0.29) is 23.9 Å². The van der Waals surface area contributed by atoms with Crippen LogP contribution in [0.2, 0.25) is 0 Å². The average molecular weight is 397 g/mol. The molecule has 0 bridgehead atoms. The minimum atomic E-state index is -0.331. The Morgan fingerprint density at radius 1 is 0.967 bits per heavy atom. The molecule has 1 amide bonds. The van der Waals surface area contributed by atoms with Crippen LogP contribution < -0.4 is 10.9 Å². The molecule has 0 saturated heterocycles. The molecule has 4 aromatic rings. The van der Waals surface area contributed by atoms with Crippen LogP contribution >= 0.6 is 0 Å². The van der Waals surface area contributed by atoms with E-state index in [1.54, 1.807) is 13.8 Å². The number of rotatable bonds is 5. The van der Waals surface area contributed by atoms with Crippen LogP contribution in [0.25, 0.3) is 10.8 Å². The molecule has 4 rings (SSSR count). The summed E-state index contributed by atoms with van der Waals surface area (Å²) >= 11 is 0. The van der Waals surface area contributed by atoms with E-state index in [1.165, 1.54) is 0 Å². The van der Waals surface area contributed by atoms with Crippen LogP contribution in [0.5, 0.6) is 0 Å². The fraction of sp³-hybridized carbons (Fsp3) is 0.160. The molecule has 0 aliphatic carbocycles. The first-order valence-electron chi connectivity index (χ1n) is 9.91. The van der Waals surface area contributed by atoms with Crippen molar-refractivity contribution in [3.8, 4) is 0 Å². The van der Waals surface area contributed by atoms with Crippen LogP contribution in [-0.4, -0.2) is 15.9 Å². The minimum Gasteiger partial charge on any atom is -0.345 e. The van der Waals surface area contributed by atoms with Gasteiger partial charge in [-0.15, -0.1) is 0 Å². The molecule has 0 saturated carbocycles. The number of amides is 1. The maximum atomic E-state index is 13.0. The second kappa shape index (κ2) is 8.33. The zero-order valence-corrected chi connectivity index (χ0v) is 17.0. The molecule has 1 aromatic heterocycles. The average Bonchev–Trinajstić information content (AvgIpc) is 2.75. The number of aromatic amines is 1. The number of hydrogen-bond donors (Lipinski definition) is 2. The van der Waals surface area contributed by atoms with E-state index in [9.17, 15) is 9.59 Å². The predicted molar refractivity (Wildman–Crippen MR) is 118 cm³/mol. The zero-order chi connectivity index (χ0) is 21.1. The normalized spacial score (nSPS) is 11.9. The maximum Gasteiger partial charge on any atom is 0.254 e. The highest BCUT2D eigenvalue weighted by molar-refractivity contribution is 5.87. The van der Waals surface area contributed by atoms with Crippen molar-refractivity contribution in [1.29, 1.82) is 0 Å². The van der Waals surface area contributed by atoms with Crippen LogP contribution in [-0.2, 0) is 11.2 Å². The van der Waals surface area contributed by atoms with Gasteiger partial charge < -0.3 is 10.3 Å². The van der Waals surface area contributed by atoms with Crippen molar-refractivity contribution in [2.45, 2.75) is 26.3 Å². The van der Waals surface area contributed by atoms with Gasteiger partial charge in [0.05, 0.1) is 12.5 Å². The van der Waals surface area contributed by atoms with Crippen LogP contribution in [0, 0.1) is 13.8 Å². The van der Waals surface area contributed by atoms with E-state index in [0.717, 1.165) is 21.9 Å². The van der Waals surface area contributed by atoms with Crippen molar-refractivity contribution in [3.05, 3.63) is 111 Å². The largest absolute Gasteiger partial charge is 0.345 e. The molecule has 0 aliphatic rings. The van der Waals surface area contributed by atoms with Crippen LogP contribution in [0.4, 0.5) is 0 Å². The Morgan fingerprint density at radius 2 is 1.67 bits per heavy atom. The number of aromatic nitrogens is 2. The molecule has 5 heteroatoms. The summed E-state index contributed by atoms with van der Waals surface area (Å²) in [4.78, 5) is 32.3. The van der Waals surface area contributed by atoms with Gasteiger partial charge in [0, 0.05) is 11.3 Å². The van der Waals surface area contributed by atoms with Gasteiger partial charge in [-0.1, -0.05) is 72.8 Å². The van der Waals surface area contributed by atoms with Gasteiger partial charge in [-0.25, -0.2) is 4.98 Å². The molecule has 1 heterocycles. The summed E-state index contributed by atoms with van der Waals surface area (Å²) < 4.78 is 0. The van der Waals surface area contributed by atoms with Gasteiger partial charge in [0.25, 0.3) is 5.56 Å². The lowest BCUT2D eigenvalue weighted by molar-refractivity contribution is -0.121. The highest BCUT2D eigenvalue weighted by Gasteiger charge is 2.20. The number of carbonyl (C=O) groups excluding carboxylic acids is 1. The molecule has 2 N–H and O–H groups in total. The third kappa shape index (κ3) is 4.01. The molecule has 0 fully saturated rings. The summed E-state index contributed by atoms with van der Waals surface area (Å²) in [5, 5.41) is 5.33. The van der Waals surface area contributed by atoms with E-state index >= 15 is 0 Å². The highest BCUT2D eigenvalue weighted by atomic mass is 16.2. The summed E-state index contributed by atoms with van der Waals surface area (Å²) in [5.41, 5.74) is 2.70. The lowest BCUT2D eigenvalue weighted by Crippen LogP contribution is -2.33. The van der Waals surface area contributed by atoms with E-state index in [2.05, 4.69) is 33.5 Å². The number of aryl methyl sites for hydroxylation is 2. The van der Waals surface area contributed by atoms with Gasteiger partial charge >= 0.3 is 0 Å². The topological polar surface area (TPSA) is 74.8 Å². The van der Waals surface area contributed by atoms with E-state index in [4.69, 9.17) is 0 Å². The van der Waals surface area contributed by atoms with Crippen molar-refractivity contribution in [2.75, 3.05) is 0 Å². The van der Waals surface area contributed by atoms with Crippen molar-refractivity contribution in [1.82, 2.24) is 15.3 Å². The number of H-pyrrole nitrogens is 1. The highest BCUT2D eigenvalue weighted by Crippen LogP contribution is 2.29. The van der Waals surface area contributed by atoms with Crippen LogP contribution in [0.1, 0.15) is 34.3 Å². The van der Waals surface area contributed by atoms with Crippen LogP contribution in [0.3, 0.4) is 0 Å². The predicted octanol–water partition coefficient (Wildman–Crippen LogP) is 3.99. The molecule has 0 aliphatic heterocycles. The quantitative estimate of drug-likeness (QED) is 0.535. The molecule has 1 atom stereocenters. The zero-order valence-electron chi connectivity index (χ0n) is 17.0. The second-order valence-electron chi connectivity index (χ2n) is 7.37. The van der Waals surface area contributed by atoms with Gasteiger partial charge in [0.1, 0.15) is 5.82 Å². The molecule has 0 spiro atoms. The first-order valence-corrected chi connectivity index (χ1v) is 9.91. The first-order chi connectivity index (χ1) is 14.5. The molecule has 5 nitrogen and oxygen atoms in total. The molecule has 0 radical (unpaired) electrons. The van der Waals surface area contributed by atoms with E-state index in [0.29, 0.717) is 17.1 Å². The summed E-state index contributed by atoms with van der Waals surface area (Å²) in [6, 6.07) is 23.7.